The Balaban J connectivity index is 1.65. The number of anilines is 1. The molecule has 132 valence electrons. The minimum Gasteiger partial charge on any atom is -0.355 e. The second-order valence-corrected chi connectivity index (χ2v) is 6.36. The topological polar surface area (TPSA) is 70.2 Å². The molecule has 0 saturated carbocycles. The van der Waals surface area contributed by atoms with E-state index in [1.807, 2.05) is 0 Å². The first-order valence-corrected chi connectivity index (χ1v) is 8.82. The van der Waals surface area contributed by atoms with E-state index in [2.05, 4.69) is 16.0 Å². The van der Waals surface area contributed by atoms with E-state index in [9.17, 15) is 14.0 Å². The van der Waals surface area contributed by atoms with Crippen molar-refractivity contribution in [1.29, 1.82) is 0 Å². The molecule has 0 bridgehead atoms. The van der Waals surface area contributed by atoms with Crippen LogP contribution in [0.2, 0.25) is 0 Å². The van der Waals surface area contributed by atoms with Crippen LogP contribution in [-0.2, 0) is 0 Å². The largest absolute Gasteiger partial charge is 0.355 e. The maximum atomic E-state index is 12.8. The molecule has 7 heteroatoms. The maximum Gasteiger partial charge on any atom is 0.319 e. The van der Waals surface area contributed by atoms with Crippen LogP contribution in [0.1, 0.15) is 16.8 Å². The number of carbonyl (C=O) groups is 2. The average Bonchev–Trinajstić information content (AvgIpc) is 2.63. The lowest BCUT2D eigenvalue weighted by Crippen LogP contribution is -2.29. The van der Waals surface area contributed by atoms with Gasteiger partial charge in [-0.25, -0.2) is 9.18 Å². The standard InChI is InChI=1S/C18H20FN3O2S/c1-20-17(23)13-3-7-15(8-4-13)22-18(24)21-11-2-12-25-16-9-5-14(19)6-10-16/h3-10H,2,11-12H2,1H3,(H,20,23)(H2,21,22,24). The molecule has 0 saturated heterocycles. The molecule has 0 aliphatic rings. The van der Waals surface area contributed by atoms with Gasteiger partial charge in [-0.1, -0.05) is 0 Å². The third-order valence-electron chi connectivity index (χ3n) is 3.32. The van der Waals surface area contributed by atoms with E-state index in [0.717, 1.165) is 17.1 Å². The maximum absolute atomic E-state index is 12.8. The molecule has 3 amide bonds. The van der Waals surface area contributed by atoms with E-state index in [0.29, 0.717) is 17.8 Å². The number of amides is 3. The van der Waals surface area contributed by atoms with Crippen LogP contribution >= 0.6 is 11.8 Å². The molecule has 0 heterocycles. The van der Waals surface area contributed by atoms with E-state index in [1.165, 1.54) is 12.1 Å². The molecule has 0 aliphatic carbocycles. The van der Waals surface area contributed by atoms with Gasteiger partial charge < -0.3 is 16.0 Å². The number of rotatable bonds is 7. The number of thioether (sulfide) groups is 1. The molecule has 2 aromatic rings. The molecule has 0 spiro atoms. The summed E-state index contributed by atoms with van der Waals surface area (Å²) in [6.45, 7) is 0.538. The van der Waals surface area contributed by atoms with E-state index in [4.69, 9.17) is 0 Å². The van der Waals surface area contributed by atoms with Gasteiger partial charge in [-0.2, -0.15) is 0 Å². The summed E-state index contributed by atoms with van der Waals surface area (Å²) in [6, 6.07) is 12.7. The molecule has 2 rings (SSSR count). The van der Waals surface area contributed by atoms with Crippen molar-refractivity contribution in [2.45, 2.75) is 11.3 Å². The van der Waals surface area contributed by atoms with Gasteiger partial charge in [-0.15, -0.1) is 11.8 Å². The fraction of sp³-hybridized carbons (Fsp3) is 0.222. The summed E-state index contributed by atoms with van der Waals surface area (Å²) in [6.07, 6.45) is 0.797. The van der Waals surface area contributed by atoms with Crippen LogP contribution in [-0.4, -0.2) is 31.3 Å². The van der Waals surface area contributed by atoms with Crippen LogP contribution in [0.5, 0.6) is 0 Å². The van der Waals surface area contributed by atoms with Gasteiger partial charge in [0.1, 0.15) is 5.82 Å². The smallest absolute Gasteiger partial charge is 0.319 e. The summed E-state index contributed by atoms with van der Waals surface area (Å²) in [5, 5.41) is 8.02. The van der Waals surface area contributed by atoms with Crippen LogP contribution in [0.25, 0.3) is 0 Å². The monoisotopic (exact) mass is 361 g/mol. The number of nitrogens with one attached hydrogen (secondary N) is 3. The molecule has 5 nitrogen and oxygen atoms in total. The Bertz CT molecular complexity index is 705. The average molecular weight is 361 g/mol. The van der Waals surface area contributed by atoms with Crippen LogP contribution < -0.4 is 16.0 Å². The molecule has 3 N–H and O–H groups in total. The summed E-state index contributed by atoms with van der Waals surface area (Å²) in [4.78, 5) is 24.2. The van der Waals surface area contributed by atoms with Crippen LogP contribution in [0, 0.1) is 5.82 Å². The number of urea groups is 1. The predicted octanol–water partition coefficient (Wildman–Crippen LogP) is 3.49. The van der Waals surface area contributed by atoms with Crippen molar-refractivity contribution >= 4 is 29.4 Å². The Morgan fingerprint density at radius 1 is 1.04 bits per heavy atom. The molecule has 0 aliphatic heterocycles. The highest BCUT2D eigenvalue weighted by atomic mass is 32.2. The zero-order chi connectivity index (χ0) is 18.1. The van der Waals surface area contributed by atoms with E-state index in [-0.39, 0.29) is 17.8 Å². The second kappa shape index (κ2) is 9.68. The second-order valence-electron chi connectivity index (χ2n) is 5.19. The van der Waals surface area contributed by atoms with Crippen molar-refractivity contribution < 1.29 is 14.0 Å². The van der Waals surface area contributed by atoms with Crippen LogP contribution in [0.15, 0.2) is 53.4 Å². The van der Waals surface area contributed by atoms with Crippen LogP contribution in [0.4, 0.5) is 14.9 Å². The Labute approximate surface area is 150 Å². The molecule has 0 unspecified atom stereocenters. The Kier molecular flexibility index (Phi) is 7.28. The van der Waals surface area contributed by atoms with Crippen molar-refractivity contribution in [2.24, 2.45) is 0 Å². The molecule has 0 radical (unpaired) electrons. The third kappa shape index (κ3) is 6.46. The normalized spacial score (nSPS) is 10.2. The van der Waals surface area contributed by atoms with Crippen molar-refractivity contribution in [3.05, 3.63) is 59.9 Å². The lowest BCUT2D eigenvalue weighted by molar-refractivity contribution is 0.0963. The highest BCUT2D eigenvalue weighted by Crippen LogP contribution is 2.18. The van der Waals surface area contributed by atoms with Crippen LogP contribution in [0.3, 0.4) is 0 Å². The fourth-order valence-corrected chi connectivity index (χ4v) is 2.87. The number of hydrogen-bond acceptors (Lipinski definition) is 3. The Morgan fingerprint density at radius 2 is 1.72 bits per heavy atom. The summed E-state index contributed by atoms with van der Waals surface area (Å²) >= 11 is 1.61. The zero-order valence-corrected chi connectivity index (χ0v) is 14.7. The van der Waals surface area contributed by atoms with Gasteiger partial charge >= 0.3 is 6.03 Å². The van der Waals surface area contributed by atoms with Gasteiger partial charge in [0.05, 0.1) is 0 Å². The SMILES string of the molecule is CNC(=O)c1ccc(NC(=O)NCCCSc2ccc(F)cc2)cc1. The van der Waals surface area contributed by atoms with E-state index in [1.54, 1.807) is 55.2 Å². The van der Waals surface area contributed by atoms with Gasteiger partial charge in [0.2, 0.25) is 0 Å². The van der Waals surface area contributed by atoms with Gasteiger partial charge in [0.15, 0.2) is 0 Å². The Hall–Kier alpha value is -2.54. The number of carbonyl (C=O) groups excluding carboxylic acids is 2. The van der Waals surface area contributed by atoms with Gasteiger partial charge in [-0.05, 0) is 60.7 Å². The van der Waals surface area contributed by atoms with Gasteiger partial charge in [-0.3, -0.25) is 4.79 Å². The molecule has 2 aromatic carbocycles. The zero-order valence-electron chi connectivity index (χ0n) is 13.8. The first-order valence-electron chi connectivity index (χ1n) is 7.84. The first-order chi connectivity index (χ1) is 12.1. The lowest BCUT2D eigenvalue weighted by atomic mass is 10.2. The highest BCUT2D eigenvalue weighted by Gasteiger charge is 2.04. The third-order valence-corrected chi connectivity index (χ3v) is 4.42. The summed E-state index contributed by atoms with van der Waals surface area (Å²) < 4.78 is 12.8. The minimum absolute atomic E-state index is 0.172. The first kappa shape index (κ1) is 18.8. The number of benzene rings is 2. The lowest BCUT2D eigenvalue weighted by Gasteiger charge is -2.08. The number of halogens is 1. The summed E-state index contributed by atoms with van der Waals surface area (Å²) in [5.74, 6) is 0.410. The minimum atomic E-state index is -0.292. The molecule has 0 fully saturated rings. The van der Waals surface area contributed by atoms with E-state index < -0.39 is 0 Å². The highest BCUT2D eigenvalue weighted by molar-refractivity contribution is 7.99. The molecule has 0 atom stereocenters. The number of hydrogen-bond donors (Lipinski definition) is 3. The molecular formula is C18H20FN3O2S. The Morgan fingerprint density at radius 3 is 2.36 bits per heavy atom. The predicted molar refractivity (Wildman–Crippen MR) is 98.6 cm³/mol. The molecular weight excluding hydrogens is 341 g/mol. The fourth-order valence-electron chi connectivity index (χ4n) is 2.02. The van der Waals surface area contributed by atoms with Gasteiger partial charge in [0.25, 0.3) is 5.91 Å². The van der Waals surface area contributed by atoms with Gasteiger partial charge in [0, 0.05) is 29.7 Å². The van der Waals surface area contributed by atoms with Crippen molar-refractivity contribution in [3.63, 3.8) is 0 Å². The summed E-state index contributed by atoms with van der Waals surface area (Å²) in [7, 11) is 1.57. The summed E-state index contributed by atoms with van der Waals surface area (Å²) in [5.41, 5.74) is 1.15. The van der Waals surface area contributed by atoms with E-state index >= 15 is 0 Å². The van der Waals surface area contributed by atoms with Crippen molar-refractivity contribution in [1.82, 2.24) is 10.6 Å². The molecule has 25 heavy (non-hydrogen) atoms. The van der Waals surface area contributed by atoms with Crippen molar-refractivity contribution in [3.8, 4) is 0 Å². The van der Waals surface area contributed by atoms with Crippen molar-refractivity contribution in [2.75, 3.05) is 24.7 Å². The molecule has 0 aromatic heterocycles. The quantitative estimate of drug-likeness (QED) is 0.522.